The summed E-state index contributed by atoms with van der Waals surface area (Å²) in [5, 5.41) is 0.419. The Balaban J connectivity index is 1.68. The molecule has 3 aromatic rings. The fourth-order valence-electron chi connectivity index (χ4n) is 3.48. The number of nitrogens with zero attached hydrogens (tertiary/aromatic N) is 1. The van der Waals surface area contributed by atoms with Crippen molar-refractivity contribution in [1.82, 2.24) is 4.90 Å². The molecule has 0 saturated heterocycles. The van der Waals surface area contributed by atoms with Crippen LogP contribution in [0, 0.1) is 6.92 Å². The van der Waals surface area contributed by atoms with Gasteiger partial charge >= 0.3 is 5.97 Å². The first-order valence-corrected chi connectivity index (χ1v) is 9.81. The lowest BCUT2D eigenvalue weighted by Crippen LogP contribution is -2.34. The van der Waals surface area contributed by atoms with Gasteiger partial charge in [-0.3, -0.25) is 9.69 Å². The number of carbonyl (C=O) groups is 1. The van der Waals surface area contributed by atoms with Gasteiger partial charge in [0.15, 0.2) is 0 Å². The number of aryl methyl sites for hydroxylation is 1. The molecular weight excluding hydrogens is 402 g/mol. The summed E-state index contributed by atoms with van der Waals surface area (Å²) < 4.78 is 27.5. The Hall–Kier alpha value is -3.36. The van der Waals surface area contributed by atoms with Gasteiger partial charge in [0.25, 0.3) is 0 Å². The Bertz CT molecular complexity index is 1170. The van der Waals surface area contributed by atoms with Gasteiger partial charge in [0.2, 0.25) is 11.2 Å². The maximum Gasteiger partial charge on any atom is 0.337 e. The molecule has 2 heterocycles. The highest BCUT2D eigenvalue weighted by Gasteiger charge is 2.24. The first kappa shape index (κ1) is 20.9. The zero-order valence-corrected chi connectivity index (χ0v) is 17.6. The Kier molecular flexibility index (Phi) is 5.92. The summed E-state index contributed by atoms with van der Waals surface area (Å²) in [6.45, 7) is 4.02. The van der Waals surface area contributed by atoms with E-state index in [9.17, 15) is 9.59 Å². The Morgan fingerprint density at radius 3 is 2.61 bits per heavy atom. The monoisotopic (exact) mass is 425 g/mol. The molecule has 31 heavy (non-hydrogen) atoms. The van der Waals surface area contributed by atoms with E-state index in [1.807, 2.05) is 0 Å². The third-order valence-electron chi connectivity index (χ3n) is 5.13. The number of carbonyl (C=O) groups excluding carboxylic acids is 1. The second-order valence-electron chi connectivity index (χ2n) is 7.17. The lowest BCUT2D eigenvalue weighted by atomic mass is 10.1. The molecule has 0 aliphatic carbocycles. The van der Waals surface area contributed by atoms with Crippen molar-refractivity contribution in [3.8, 4) is 17.2 Å². The molecule has 2 aromatic carbocycles. The van der Waals surface area contributed by atoms with Gasteiger partial charge in [0.1, 0.15) is 29.6 Å². The minimum atomic E-state index is -0.445. The van der Waals surface area contributed by atoms with E-state index in [2.05, 4.69) is 4.90 Å². The predicted octanol–water partition coefficient (Wildman–Crippen LogP) is 3.48. The molecular formula is C23H23NO7. The van der Waals surface area contributed by atoms with E-state index >= 15 is 0 Å². The number of benzene rings is 2. The fourth-order valence-corrected chi connectivity index (χ4v) is 3.48. The highest BCUT2D eigenvalue weighted by Crippen LogP contribution is 2.34. The average Bonchev–Trinajstić information content (AvgIpc) is 2.80. The second-order valence-corrected chi connectivity index (χ2v) is 7.17. The van der Waals surface area contributed by atoms with Gasteiger partial charge in [-0.25, -0.2) is 4.79 Å². The van der Waals surface area contributed by atoms with Gasteiger partial charge in [-0.1, -0.05) is 0 Å². The Labute approximate surface area is 178 Å². The van der Waals surface area contributed by atoms with E-state index in [-0.39, 0.29) is 11.2 Å². The number of ether oxygens (including phenoxy) is 4. The fraction of sp³-hybridized carbons (Fsp3) is 0.304. The molecule has 1 aliphatic heterocycles. The van der Waals surface area contributed by atoms with Gasteiger partial charge < -0.3 is 23.4 Å². The van der Waals surface area contributed by atoms with Crippen molar-refractivity contribution in [2.24, 2.45) is 0 Å². The lowest BCUT2D eigenvalue weighted by Gasteiger charge is -2.29. The predicted molar refractivity (Wildman–Crippen MR) is 113 cm³/mol. The van der Waals surface area contributed by atoms with Crippen LogP contribution in [0.4, 0.5) is 0 Å². The summed E-state index contributed by atoms with van der Waals surface area (Å²) in [4.78, 5) is 26.8. The van der Waals surface area contributed by atoms with Crippen molar-refractivity contribution >= 4 is 16.9 Å². The van der Waals surface area contributed by atoms with E-state index in [1.54, 1.807) is 50.4 Å². The van der Waals surface area contributed by atoms with E-state index in [0.717, 1.165) is 5.56 Å². The highest BCUT2D eigenvalue weighted by molar-refractivity contribution is 5.89. The molecule has 0 amide bonds. The molecule has 0 spiro atoms. The van der Waals surface area contributed by atoms with Crippen LogP contribution in [0.2, 0.25) is 0 Å². The van der Waals surface area contributed by atoms with E-state index < -0.39 is 5.97 Å². The first-order chi connectivity index (χ1) is 15.0. The summed E-state index contributed by atoms with van der Waals surface area (Å²) >= 11 is 0. The number of hydrogen-bond acceptors (Lipinski definition) is 8. The molecule has 0 bridgehead atoms. The summed E-state index contributed by atoms with van der Waals surface area (Å²) in [6.07, 6.45) is 0. The van der Waals surface area contributed by atoms with Crippen LogP contribution >= 0.6 is 0 Å². The van der Waals surface area contributed by atoms with Crippen LogP contribution in [0.25, 0.3) is 11.0 Å². The first-order valence-electron chi connectivity index (χ1n) is 9.81. The van der Waals surface area contributed by atoms with Crippen molar-refractivity contribution in [1.29, 1.82) is 0 Å². The molecule has 0 fully saturated rings. The molecule has 1 aliphatic rings. The number of hydrogen-bond donors (Lipinski definition) is 0. The van der Waals surface area contributed by atoms with Crippen LogP contribution in [0.15, 0.2) is 45.6 Å². The molecule has 0 unspecified atom stereocenters. The van der Waals surface area contributed by atoms with Crippen LogP contribution in [0.3, 0.4) is 0 Å². The Morgan fingerprint density at radius 1 is 1.13 bits per heavy atom. The van der Waals surface area contributed by atoms with Crippen molar-refractivity contribution in [2.45, 2.75) is 13.5 Å². The zero-order chi connectivity index (χ0) is 22.0. The summed E-state index contributed by atoms with van der Waals surface area (Å²) in [6, 6.07) is 9.82. The van der Waals surface area contributed by atoms with Crippen molar-refractivity contribution in [3.05, 3.63) is 63.5 Å². The normalized spacial score (nSPS) is 13.5. The van der Waals surface area contributed by atoms with Crippen LogP contribution in [0.1, 0.15) is 21.7 Å². The van der Waals surface area contributed by atoms with Crippen LogP contribution in [0.5, 0.6) is 17.2 Å². The van der Waals surface area contributed by atoms with E-state index in [0.29, 0.717) is 60.2 Å². The van der Waals surface area contributed by atoms with Crippen molar-refractivity contribution in [3.63, 3.8) is 0 Å². The van der Waals surface area contributed by atoms with Crippen molar-refractivity contribution < 1.29 is 28.2 Å². The third-order valence-corrected chi connectivity index (χ3v) is 5.13. The minimum Gasteiger partial charge on any atom is -0.478 e. The number of esters is 1. The summed E-state index contributed by atoms with van der Waals surface area (Å²) in [5.74, 6) is 1.13. The maximum atomic E-state index is 13.2. The minimum absolute atomic E-state index is 0.103. The molecule has 0 N–H and O–H groups in total. The maximum absolute atomic E-state index is 13.2. The molecule has 8 heteroatoms. The van der Waals surface area contributed by atoms with E-state index in [4.69, 9.17) is 23.4 Å². The number of fused-ring (bicyclic) bond motifs is 3. The van der Waals surface area contributed by atoms with Crippen molar-refractivity contribution in [2.75, 3.05) is 34.1 Å². The third kappa shape index (κ3) is 4.12. The van der Waals surface area contributed by atoms with Crippen LogP contribution in [-0.4, -0.2) is 45.0 Å². The quantitative estimate of drug-likeness (QED) is 0.555. The lowest BCUT2D eigenvalue weighted by molar-refractivity contribution is 0.0600. The second kappa shape index (κ2) is 8.79. The molecule has 162 valence electrons. The average molecular weight is 425 g/mol. The highest BCUT2D eigenvalue weighted by atomic mass is 16.5. The number of methoxy groups -OCH3 is 2. The smallest absolute Gasteiger partial charge is 0.337 e. The molecule has 1 aromatic heterocycles. The SMILES string of the molecule is COCCN1COc2ccc3c(=O)c(Oc4ccc(C(=O)OC)cc4)c(C)oc3c2C1. The Morgan fingerprint density at radius 2 is 1.90 bits per heavy atom. The molecule has 0 atom stereocenters. The molecule has 4 rings (SSSR count). The van der Waals surface area contributed by atoms with Gasteiger partial charge in [0, 0.05) is 20.2 Å². The summed E-state index contributed by atoms with van der Waals surface area (Å²) in [7, 11) is 2.97. The van der Waals surface area contributed by atoms with Crippen LogP contribution < -0.4 is 14.9 Å². The van der Waals surface area contributed by atoms with Gasteiger partial charge in [-0.2, -0.15) is 0 Å². The molecule has 0 radical (unpaired) electrons. The number of rotatable bonds is 6. The molecule has 0 saturated carbocycles. The van der Waals surface area contributed by atoms with Gasteiger partial charge in [-0.15, -0.1) is 0 Å². The topological polar surface area (TPSA) is 87.4 Å². The zero-order valence-electron chi connectivity index (χ0n) is 17.6. The van der Waals surface area contributed by atoms with Gasteiger partial charge in [-0.05, 0) is 43.3 Å². The van der Waals surface area contributed by atoms with Crippen LogP contribution in [-0.2, 0) is 16.0 Å². The summed E-state index contributed by atoms with van der Waals surface area (Å²) in [5.41, 5.74) is 1.44. The van der Waals surface area contributed by atoms with E-state index in [1.165, 1.54) is 7.11 Å². The standard InChI is InChI=1S/C23H23NO7/c1-14-21(31-16-6-4-15(5-7-16)23(26)28-3)20(25)17-8-9-19-18(22(17)30-14)12-24(13-29-19)10-11-27-2/h4-9H,10-13H2,1-3H3. The van der Waals surface area contributed by atoms with Gasteiger partial charge in [0.05, 0.1) is 30.2 Å². The largest absolute Gasteiger partial charge is 0.478 e. The molecule has 8 nitrogen and oxygen atoms in total.